The number of ether oxygens (including phenoxy) is 2. The molecule has 0 heterocycles. The monoisotopic (exact) mass is 1740 g/mol. The van der Waals surface area contributed by atoms with E-state index in [1.54, 1.807) is 45.0 Å². The number of rotatable bonds is 79. The van der Waals surface area contributed by atoms with Gasteiger partial charge in [0.25, 0.3) is 0 Å². The average molecular weight is 1740 g/mol. The molecule has 700 valence electrons. The van der Waals surface area contributed by atoms with Crippen LogP contribution in [0, 0.1) is 23.2 Å². The van der Waals surface area contributed by atoms with E-state index in [-0.39, 0.29) is 158 Å². The van der Waals surface area contributed by atoms with E-state index < -0.39 is 83.2 Å². The third kappa shape index (κ3) is 55.0. The standard InChI is InChI=1S/C92H149N9O22.3H2/c1-92(2,3)81(106)64-67(34-24-28-57-98-86(111)77(96)41-27-31-59-100-85(110)75(94)39-20-16-19-36-70(102)49-54-78(91(120)121)101-83(108)43-23-13-9-5-7-11-15-33-61-123-73-52-46-66(47-53-73)88(114)115)80(105)63-68(89(116)117)35-25-29-58-99-84(109)76(95)40-21-17-22-42-79(104)74(93)38-26-30-56-97-82(107)55-48-69(90(118)119)62-71(103)37-18-12-8-4-6-10-14-32-60-122-72-50-44-65(45-51-72)87(112)113;;;/h44-47,50-53,67-69,74-78H,4-43,48-49,54-64,93-96H2,1-3H3,(H,97,107)(H,98,111)(H,99,109)(H,100,110)(H,101,108)(H,112,113)(H,114,115)(H,116,117)(H,118,119)(H,120,121);3*1H/t67-,68-,69-,74+,75+,76+,77+,78+;;;/m1.../s1. The van der Waals surface area contributed by atoms with Crippen molar-refractivity contribution in [1.82, 2.24) is 26.6 Å². The van der Waals surface area contributed by atoms with E-state index in [1.807, 2.05) is 0 Å². The number of ketones is 5. The molecule has 0 aliphatic rings. The van der Waals surface area contributed by atoms with Gasteiger partial charge in [-0.3, -0.25) is 57.5 Å². The van der Waals surface area contributed by atoms with E-state index in [9.17, 15) is 87.2 Å². The number of Topliss-reactive ketones (excluding diaryl/α,β-unsaturated/α-hetero) is 5. The molecule has 18 N–H and O–H groups in total. The van der Waals surface area contributed by atoms with Gasteiger partial charge in [0, 0.05) is 99.6 Å². The number of hydrogen-bond acceptors (Lipinski definition) is 21. The number of hydrogen-bond donors (Lipinski definition) is 14. The van der Waals surface area contributed by atoms with E-state index in [0.717, 1.165) is 89.9 Å². The highest BCUT2D eigenvalue weighted by Gasteiger charge is 2.32. The molecule has 31 heteroatoms. The van der Waals surface area contributed by atoms with Gasteiger partial charge in [-0.15, -0.1) is 0 Å². The number of aromatic carboxylic acids is 2. The first-order chi connectivity index (χ1) is 58.7. The lowest BCUT2D eigenvalue weighted by Crippen LogP contribution is -2.42. The molecular weight excluding hydrogens is 1580 g/mol. The minimum absolute atomic E-state index is 0. The lowest BCUT2D eigenvalue weighted by atomic mass is 9.80. The van der Waals surface area contributed by atoms with Gasteiger partial charge in [0.15, 0.2) is 0 Å². The van der Waals surface area contributed by atoms with Crippen LogP contribution >= 0.6 is 0 Å². The van der Waals surface area contributed by atoms with Gasteiger partial charge < -0.3 is 84.5 Å². The molecule has 2 aromatic rings. The summed E-state index contributed by atoms with van der Waals surface area (Å²) < 4.78 is 11.3. The van der Waals surface area contributed by atoms with Gasteiger partial charge in [0.05, 0.1) is 60.3 Å². The highest BCUT2D eigenvalue weighted by atomic mass is 16.5. The van der Waals surface area contributed by atoms with E-state index >= 15 is 0 Å². The maximum Gasteiger partial charge on any atom is 0.335 e. The molecule has 8 atom stereocenters. The summed E-state index contributed by atoms with van der Waals surface area (Å²) in [5.41, 5.74) is 24.4. The fourth-order valence-corrected chi connectivity index (χ4v) is 14.1. The molecule has 123 heavy (non-hydrogen) atoms. The fourth-order valence-electron chi connectivity index (χ4n) is 14.1. The normalized spacial score (nSPS) is 13.3. The molecule has 0 aliphatic carbocycles. The summed E-state index contributed by atoms with van der Waals surface area (Å²) in [4.78, 5) is 187. The number of benzene rings is 2. The van der Waals surface area contributed by atoms with Gasteiger partial charge in [-0.2, -0.15) is 0 Å². The van der Waals surface area contributed by atoms with Gasteiger partial charge in [-0.05, 0) is 177 Å². The molecule has 0 fully saturated rings. The largest absolute Gasteiger partial charge is 0.494 e. The molecule has 0 spiro atoms. The third-order valence-electron chi connectivity index (χ3n) is 22.2. The number of aliphatic carboxylic acids is 3. The van der Waals surface area contributed by atoms with Crippen molar-refractivity contribution in [2.75, 3.05) is 39.4 Å². The van der Waals surface area contributed by atoms with Crippen LogP contribution in [0.1, 0.15) is 348 Å². The minimum Gasteiger partial charge on any atom is -0.494 e. The Kier molecular flexibility index (Phi) is 59.4. The predicted molar refractivity (Wildman–Crippen MR) is 475 cm³/mol. The van der Waals surface area contributed by atoms with Crippen LogP contribution in [0.5, 0.6) is 11.5 Å². The topological polar surface area (TPSA) is 540 Å². The smallest absolute Gasteiger partial charge is 0.335 e. The summed E-state index contributed by atoms with van der Waals surface area (Å²) >= 11 is 0. The van der Waals surface area contributed by atoms with Crippen molar-refractivity contribution in [3.8, 4) is 11.5 Å². The SMILES string of the molecule is CC(C)(C)C(=O)C[C@@H](CCCCNC(=O)[C@@H](N)CCCCNC(=O)[C@@H](N)CCCCCC(=O)CC[C@H](NC(=O)CCCCCCCCCCOc1ccc(C(=O)O)cc1)C(=O)O)C(=O)C[C@@H](CCCCNC(=O)[C@@H](N)CCCCCC(=O)[C@@H](N)CCCCNC(=O)CC[C@H](CC(=O)CCCCCCCCCCOc1ccc(C(=O)O)cc1)C(=O)O)C(=O)O.[HH].[HH].[HH]. The van der Waals surface area contributed by atoms with Crippen molar-refractivity contribution in [3.05, 3.63) is 59.7 Å². The molecule has 31 nitrogen and oxygen atoms in total. The first kappa shape index (κ1) is 110. The van der Waals surface area contributed by atoms with Crippen molar-refractivity contribution in [1.29, 1.82) is 0 Å². The quantitative estimate of drug-likeness (QED) is 0.0274. The van der Waals surface area contributed by atoms with E-state index in [4.69, 9.17) is 42.6 Å². The molecule has 5 amide bonds. The number of carbonyl (C=O) groups is 15. The average Bonchev–Trinajstić information content (AvgIpc) is 0.862. The highest BCUT2D eigenvalue weighted by Crippen LogP contribution is 2.28. The van der Waals surface area contributed by atoms with Crippen LogP contribution in [-0.2, 0) is 62.3 Å². The van der Waals surface area contributed by atoms with E-state index in [2.05, 4.69) is 26.6 Å². The molecule has 0 aliphatic heterocycles. The van der Waals surface area contributed by atoms with E-state index in [1.165, 1.54) is 24.3 Å². The summed E-state index contributed by atoms with van der Waals surface area (Å²) in [6, 6.07) is 8.43. The van der Waals surface area contributed by atoms with Crippen molar-refractivity contribution < 1.29 is 111 Å². The van der Waals surface area contributed by atoms with Crippen molar-refractivity contribution in [3.63, 3.8) is 0 Å². The van der Waals surface area contributed by atoms with Gasteiger partial charge >= 0.3 is 29.8 Å². The second-order valence-electron chi connectivity index (χ2n) is 33.9. The van der Waals surface area contributed by atoms with Crippen LogP contribution in [0.2, 0.25) is 0 Å². The Morgan fingerprint density at radius 2 is 0.683 bits per heavy atom. The first-order valence-corrected chi connectivity index (χ1v) is 45.3. The Morgan fingerprint density at radius 1 is 0.325 bits per heavy atom. The van der Waals surface area contributed by atoms with Gasteiger partial charge in [-0.1, -0.05) is 136 Å². The van der Waals surface area contributed by atoms with Crippen LogP contribution in [0.4, 0.5) is 0 Å². The summed E-state index contributed by atoms with van der Waals surface area (Å²) in [6.45, 7) is 7.53. The Labute approximate surface area is 732 Å². The first-order valence-electron chi connectivity index (χ1n) is 45.3. The second-order valence-corrected chi connectivity index (χ2v) is 33.9. The maximum absolute atomic E-state index is 13.8. The Bertz CT molecular complexity index is 3500. The molecule has 0 radical (unpaired) electrons. The predicted octanol–water partition coefficient (Wildman–Crippen LogP) is 12.9. The number of carbonyl (C=O) groups excluding carboxylic acids is 10. The molecule has 0 unspecified atom stereocenters. The molecular formula is C92H155N9O22. The van der Waals surface area contributed by atoms with Crippen molar-refractivity contribution in [2.24, 2.45) is 46.1 Å². The van der Waals surface area contributed by atoms with Crippen LogP contribution < -0.4 is 59.0 Å². The summed E-state index contributed by atoms with van der Waals surface area (Å²) in [6.07, 6.45) is 25.2. The zero-order chi connectivity index (χ0) is 91.2. The molecule has 0 saturated heterocycles. The zero-order valence-electron chi connectivity index (χ0n) is 73.7. The number of nitrogens with two attached hydrogens (primary N) is 4. The van der Waals surface area contributed by atoms with Crippen LogP contribution in [0.15, 0.2) is 48.5 Å². The van der Waals surface area contributed by atoms with Crippen LogP contribution in [-0.4, -0.2) is 183 Å². The number of carboxylic acid groups (broad SMARTS) is 5. The van der Waals surface area contributed by atoms with Gasteiger partial charge in [-0.25, -0.2) is 14.4 Å². The molecule has 0 saturated carbocycles. The molecule has 2 rings (SSSR count). The summed E-state index contributed by atoms with van der Waals surface area (Å²) in [5, 5.41) is 61.4. The number of amides is 5. The Morgan fingerprint density at radius 3 is 1.11 bits per heavy atom. The number of nitrogens with one attached hydrogen (secondary N) is 5. The number of carboxylic acids is 5. The minimum atomic E-state index is -1.20. The van der Waals surface area contributed by atoms with E-state index in [0.29, 0.717) is 179 Å². The fraction of sp³-hybridized carbons (Fsp3) is 0.707. The van der Waals surface area contributed by atoms with Crippen LogP contribution in [0.25, 0.3) is 0 Å². The Balaban J connectivity index is 0. The zero-order valence-corrected chi connectivity index (χ0v) is 73.7. The van der Waals surface area contributed by atoms with Gasteiger partial charge in [0.2, 0.25) is 29.5 Å². The van der Waals surface area contributed by atoms with Gasteiger partial charge in [0.1, 0.15) is 46.5 Å². The summed E-state index contributed by atoms with van der Waals surface area (Å²) in [7, 11) is 0. The highest BCUT2D eigenvalue weighted by molar-refractivity contribution is 5.92. The maximum atomic E-state index is 13.8. The molecule has 0 aromatic heterocycles. The lowest BCUT2D eigenvalue weighted by molar-refractivity contribution is -0.145. The molecule has 2 aromatic carbocycles. The van der Waals surface area contributed by atoms with Crippen molar-refractivity contribution >= 4 is 88.3 Å². The number of unbranched alkanes of at least 4 members (excludes halogenated alkanes) is 22. The van der Waals surface area contributed by atoms with Crippen molar-refractivity contribution in [2.45, 2.75) is 353 Å². The lowest BCUT2D eigenvalue weighted by Gasteiger charge is -2.23. The summed E-state index contributed by atoms with van der Waals surface area (Å²) in [5.74, 6) is -9.32. The van der Waals surface area contributed by atoms with Crippen LogP contribution in [0.3, 0.4) is 0 Å². The second kappa shape index (κ2) is 66.4. The molecule has 0 bridgehead atoms. The Hall–Kier alpha value is -9.07. The third-order valence-corrected chi connectivity index (χ3v) is 22.2.